The summed E-state index contributed by atoms with van der Waals surface area (Å²) in [6, 6.07) is 0. The van der Waals surface area contributed by atoms with Crippen LogP contribution in [-0.2, 0) is 4.74 Å². The molecule has 2 rings (SSSR count). The van der Waals surface area contributed by atoms with Crippen LogP contribution < -0.4 is 0 Å². The van der Waals surface area contributed by atoms with Crippen LogP contribution >= 0.6 is 0 Å². The van der Waals surface area contributed by atoms with Gasteiger partial charge in [0.1, 0.15) is 0 Å². The molecule has 0 aromatic rings. The van der Waals surface area contributed by atoms with Crippen LogP contribution in [0, 0.1) is 11.8 Å². The Bertz CT molecular complexity index is 166. The van der Waals surface area contributed by atoms with Crippen molar-refractivity contribution in [1.82, 2.24) is 4.90 Å². The standard InChI is InChI=1S/C12H23NO/c1-11-3-2-4-12(9-11)10-13-5-7-14-8-6-13/h11-12H,2-10H2,1H3. The predicted octanol–water partition coefficient (Wildman–Crippen LogP) is 2.14. The van der Waals surface area contributed by atoms with Gasteiger partial charge in [-0.1, -0.05) is 19.8 Å². The minimum absolute atomic E-state index is 0.947. The summed E-state index contributed by atoms with van der Waals surface area (Å²) in [5, 5.41) is 0. The minimum atomic E-state index is 0.947. The highest BCUT2D eigenvalue weighted by atomic mass is 16.5. The van der Waals surface area contributed by atoms with Crippen molar-refractivity contribution in [3.05, 3.63) is 0 Å². The van der Waals surface area contributed by atoms with E-state index in [0.717, 1.165) is 38.1 Å². The van der Waals surface area contributed by atoms with Gasteiger partial charge in [0.05, 0.1) is 13.2 Å². The van der Waals surface area contributed by atoms with Crippen molar-refractivity contribution in [3.8, 4) is 0 Å². The number of hydrogen-bond donors (Lipinski definition) is 0. The number of nitrogens with zero attached hydrogens (tertiary/aromatic N) is 1. The molecule has 0 aromatic carbocycles. The molecule has 0 spiro atoms. The third-order valence-corrected chi connectivity index (χ3v) is 3.67. The lowest BCUT2D eigenvalue weighted by Gasteiger charge is -2.33. The molecule has 82 valence electrons. The quantitative estimate of drug-likeness (QED) is 0.672. The normalized spacial score (nSPS) is 35.8. The summed E-state index contributed by atoms with van der Waals surface area (Å²) >= 11 is 0. The van der Waals surface area contributed by atoms with Gasteiger partial charge in [-0.2, -0.15) is 0 Å². The van der Waals surface area contributed by atoms with Gasteiger partial charge < -0.3 is 4.74 Å². The molecule has 1 saturated heterocycles. The van der Waals surface area contributed by atoms with Gasteiger partial charge in [-0.05, 0) is 24.7 Å². The third-order valence-electron chi connectivity index (χ3n) is 3.67. The Balaban J connectivity index is 1.72. The fourth-order valence-corrected chi connectivity index (χ4v) is 2.87. The van der Waals surface area contributed by atoms with Gasteiger partial charge >= 0.3 is 0 Å². The predicted molar refractivity (Wildman–Crippen MR) is 58.4 cm³/mol. The molecular weight excluding hydrogens is 174 g/mol. The highest BCUT2D eigenvalue weighted by Crippen LogP contribution is 2.29. The molecular formula is C12H23NO. The van der Waals surface area contributed by atoms with Crippen molar-refractivity contribution in [2.45, 2.75) is 32.6 Å². The van der Waals surface area contributed by atoms with E-state index in [1.165, 1.54) is 32.2 Å². The smallest absolute Gasteiger partial charge is 0.0594 e. The van der Waals surface area contributed by atoms with E-state index in [9.17, 15) is 0 Å². The summed E-state index contributed by atoms with van der Waals surface area (Å²) in [4.78, 5) is 2.59. The van der Waals surface area contributed by atoms with E-state index in [0.29, 0.717) is 0 Å². The fraction of sp³-hybridized carbons (Fsp3) is 1.00. The van der Waals surface area contributed by atoms with E-state index in [4.69, 9.17) is 4.74 Å². The van der Waals surface area contributed by atoms with Crippen molar-refractivity contribution < 1.29 is 4.74 Å². The lowest BCUT2D eigenvalue weighted by atomic mass is 9.82. The van der Waals surface area contributed by atoms with Crippen LogP contribution in [0.15, 0.2) is 0 Å². The molecule has 1 aliphatic carbocycles. The topological polar surface area (TPSA) is 12.5 Å². The summed E-state index contributed by atoms with van der Waals surface area (Å²) < 4.78 is 5.37. The van der Waals surface area contributed by atoms with Crippen LogP contribution in [0.3, 0.4) is 0 Å². The largest absolute Gasteiger partial charge is 0.379 e. The van der Waals surface area contributed by atoms with Crippen LogP contribution in [0.2, 0.25) is 0 Å². The fourth-order valence-electron chi connectivity index (χ4n) is 2.87. The first kappa shape index (κ1) is 10.4. The zero-order chi connectivity index (χ0) is 9.80. The van der Waals surface area contributed by atoms with Gasteiger partial charge in [0.2, 0.25) is 0 Å². The van der Waals surface area contributed by atoms with Crippen LogP contribution in [-0.4, -0.2) is 37.7 Å². The van der Waals surface area contributed by atoms with Crippen LogP contribution in [0.5, 0.6) is 0 Å². The Labute approximate surface area is 87.6 Å². The molecule has 1 heterocycles. The first-order valence-electron chi connectivity index (χ1n) is 6.14. The Morgan fingerprint density at radius 2 is 2.00 bits per heavy atom. The minimum Gasteiger partial charge on any atom is -0.379 e. The zero-order valence-electron chi connectivity index (χ0n) is 9.37. The molecule has 0 aromatic heterocycles. The second kappa shape index (κ2) is 5.13. The second-order valence-corrected chi connectivity index (χ2v) is 5.05. The van der Waals surface area contributed by atoms with E-state index in [1.54, 1.807) is 0 Å². The number of hydrogen-bond acceptors (Lipinski definition) is 2. The summed E-state index contributed by atoms with van der Waals surface area (Å²) in [7, 11) is 0. The molecule has 14 heavy (non-hydrogen) atoms. The van der Waals surface area contributed by atoms with E-state index in [1.807, 2.05) is 0 Å². The Morgan fingerprint density at radius 1 is 1.21 bits per heavy atom. The molecule has 2 unspecified atom stereocenters. The molecule has 2 atom stereocenters. The summed E-state index contributed by atoms with van der Waals surface area (Å²) in [5.74, 6) is 1.94. The summed E-state index contributed by atoms with van der Waals surface area (Å²) in [6.07, 6.45) is 5.83. The summed E-state index contributed by atoms with van der Waals surface area (Å²) in [5.41, 5.74) is 0. The molecule has 1 saturated carbocycles. The average Bonchev–Trinajstić information content (AvgIpc) is 2.19. The molecule has 2 aliphatic rings. The Hall–Kier alpha value is -0.0800. The lowest BCUT2D eigenvalue weighted by Crippen LogP contribution is -2.40. The van der Waals surface area contributed by atoms with Gasteiger partial charge in [-0.25, -0.2) is 0 Å². The molecule has 0 bridgehead atoms. The lowest BCUT2D eigenvalue weighted by molar-refractivity contribution is 0.0260. The molecule has 0 amide bonds. The average molecular weight is 197 g/mol. The van der Waals surface area contributed by atoms with Gasteiger partial charge in [0.15, 0.2) is 0 Å². The monoisotopic (exact) mass is 197 g/mol. The summed E-state index contributed by atoms with van der Waals surface area (Å²) in [6.45, 7) is 7.94. The maximum atomic E-state index is 5.37. The third kappa shape index (κ3) is 2.96. The molecule has 1 aliphatic heterocycles. The van der Waals surface area contributed by atoms with Crippen molar-refractivity contribution >= 4 is 0 Å². The van der Waals surface area contributed by atoms with Gasteiger partial charge in [-0.3, -0.25) is 4.90 Å². The highest BCUT2D eigenvalue weighted by Gasteiger charge is 2.21. The molecule has 0 radical (unpaired) electrons. The van der Waals surface area contributed by atoms with Gasteiger partial charge in [0, 0.05) is 19.6 Å². The number of rotatable bonds is 2. The maximum Gasteiger partial charge on any atom is 0.0594 e. The van der Waals surface area contributed by atoms with E-state index >= 15 is 0 Å². The van der Waals surface area contributed by atoms with Crippen molar-refractivity contribution in [2.75, 3.05) is 32.8 Å². The Morgan fingerprint density at radius 3 is 2.71 bits per heavy atom. The van der Waals surface area contributed by atoms with Crippen LogP contribution in [0.1, 0.15) is 32.6 Å². The van der Waals surface area contributed by atoms with Crippen LogP contribution in [0.4, 0.5) is 0 Å². The van der Waals surface area contributed by atoms with Gasteiger partial charge in [-0.15, -0.1) is 0 Å². The van der Waals surface area contributed by atoms with Crippen molar-refractivity contribution in [2.24, 2.45) is 11.8 Å². The molecule has 2 nitrogen and oxygen atoms in total. The maximum absolute atomic E-state index is 5.37. The van der Waals surface area contributed by atoms with Crippen molar-refractivity contribution in [1.29, 1.82) is 0 Å². The first-order valence-corrected chi connectivity index (χ1v) is 6.14. The van der Waals surface area contributed by atoms with E-state index in [-0.39, 0.29) is 0 Å². The highest BCUT2D eigenvalue weighted by molar-refractivity contribution is 4.74. The SMILES string of the molecule is CC1CCCC(CN2CCOCC2)C1. The number of ether oxygens (including phenoxy) is 1. The number of morpholine rings is 1. The van der Waals surface area contributed by atoms with Crippen LogP contribution in [0.25, 0.3) is 0 Å². The van der Waals surface area contributed by atoms with Gasteiger partial charge in [0.25, 0.3) is 0 Å². The van der Waals surface area contributed by atoms with Crippen molar-refractivity contribution in [3.63, 3.8) is 0 Å². The Kier molecular flexibility index (Phi) is 3.82. The van der Waals surface area contributed by atoms with E-state index < -0.39 is 0 Å². The molecule has 2 fully saturated rings. The first-order chi connectivity index (χ1) is 6.84. The molecule has 2 heteroatoms. The molecule has 0 N–H and O–H groups in total. The van der Waals surface area contributed by atoms with E-state index in [2.05, 4.69) is 11.8 Å². The second-order valence-electron chi connectivity index (χ2n) is 5.05. The zero-order valence-corrected chi connectivity index (χ0v) is 9.37.